The maximum Gasteiger partial charge on any atom is 0.409 e. The van der Waals surface area contributed by atoms with Crippen LogP contribution in [-0.2, 0) is 26.7 Å². The maximum absolute atomic E-state index is 12.2. The van der Waals surface area contributed by atoms with Crippen LogP contribution in [0.2, 0.25) is 0 Å². The number of likely N-dealkylation sites (tertiary alicyclic amines) is 1. The molecule has 2 heterocycles. The molecule has 0 N–H and O–H groups in total. The molecule has 0 aliphatic carbocycles. The Kier molecular flexibility index (Phi) is 5.16. The fourth-order valence-corrected chi connectivity index (χ4v) is 4.86. The SMILES string of the molecule is CCOC(=O)N1CCC2(CC1)CN(S(C)(=O)=O)Cc1cc(OC)ccc12. The van der Waals surface area contributed by atoms with Gasteiger partial charge in [-0.2, -0.15) is 4.31 Å². The summed E-state index contributed by atoms with van der Waals surface area (Å²) in [6.45, 7) is 4.06. The first-order chi connectivity index (χ1) is 12.3. The number of methoxy groups -OCH3 is 1. The van der Waals surface area contributed by atoms with Crippen molar-refractivity contribution in [1.29, 1.82) is 0 Å². The van der Waals surface area contributed by atoms with E-state index >= 15 is 0 Å². The quantitative estimate of drug-likeness (QED) is 0.799. The van der Waals surface area contributed by atoms with Gasteiger partial charge in [0.25, 0.3) is 0 Å². The first-order valence-corrected chi connectivity index (χ1v) is 10.7. The molecular weight excluding hydrogens is 356 g/mol. The van der Waals surface area contributed by atoms with E-state index in [9.17, 15) is 13.2 Å². The zero-order chi connectivity index (χ0) is 18.9. The topological polar surface area (TPSA) is 76.2 Å². The molecule has 7 nitrogen and oxygen atoms in total. The van der Waals surface area contributed by atoms with Gasteiger partial charge in [0.05, 0.1) is 20.0 Å². The molecular formula is C18H26N2O5S. The predicted molar refractivity (Wildman–Crippen MR) is 97.8 cm³/mol. The first-order valence-electron chi connectivity index (χ1n) is 8.83. The molecule has 0 bridgehead atoms. The number of sulfonamides is 1. The molecule has 1 fully saturated rings. The molecule has 144 valence electrons. The summed E-state index contributed by atoms with van der Waals surface area (Å²) in [6.07, 6.45) is 2.36. The number of nitrogens with zero attached hydrogens (tertiary/aromatic N) is 2. The third kappa shape index (κ3) is 3.53. The van der Waals surface area contributed by atoms with E-state index < -0.39 is 10.0 Å². The van der Waals surface area contributed by atoms with Crippen LogP contribution < -0.4 is 4.74 Å². The van der Waals surface area contributed by atoms with Crippen LogP contribution in [0.25, 0.3) is 0 Å². The lowest BCUT2D eigenvalue weighted by Crippen LogP contribution is -2.53. The molecule has 0 aromatic heterocycles. The van der Waals surface area contributed by atoms with Crippen LogP contribution in [0.5, 0.6) is 5.75 Å². The van der Waals surface area contributed by atoms with Crippen molar-refractivity contribution < 1.29 is 22.7 Å². The van der Waals surface area contributed by atoms with E-state index in [1.807, 2.05) is 18.2 Å². The van der Waals surface area contributed by atoms with Crippen LogP contribution >= 0.6 is 0 Å². The minimum atomic E-state index is -3.31. The van der Waals surface area contributed by atoms with Gasteiger partial charge >= 0.3 is 6.09 Å². The molecule has 3 rings (SSSR count). The molecule has 2 aliphatic heterocycles. The summed E-state index contributed by atoms with van der Waals surface area (Å²) < 4.78 is 36.4. The molecule has 1 spiro atoms. The highest BCUT2D eigenvalue weighted by Gasteiger charge is 2.45. The summed E-state index contributed by atoms with van der Waals surface area (Å²) in [5, 5.41) is 0. The van der Waals surface area contributed by atoms with Gasteiger partial charge in [-0.3, -0.25) is 0 Å². The lowest BCUT2D eigenvalue weighted by molar-refractivity contribution is 0.0795. The number of piperidine rings is 1. The molecule has 0 unspecified atom stereocenters. The predicted octanol–water partition coefficient (Wildman–Crippen LogP) is 1.96. The minimum absolute atomic E-state index is 0.286. The lowest BCUT2D eigenvalue weighted by Gasteiger charge is -2.47. The first kappa shape index (κ1) is 19.0. The van der Waals surface area contributed by atoms with Crippen LogP contribution in [-0.4, -0.2) is 63.3 Å². The molecule has 0 atom stereocenters. The molecule has 0 saturated carbocycles. The van der Waals surface area contributed by atoms with Crippen molar-refractivity contribution in [2.24, 2.45) is 0 Å². The zero-order valence-electron chi connectivity index (χ0n) is 15.5. The van der Waals surface area contributed by atoms with Crippen LogP contribution in [0, 0.1) is 0 Å². The van der Waals surface area contributed by atoms with Gasteiger partial charge in [0.1, 0.15) is 5.75 Å². The number of carbonyl (C=O) groups excluding carboxylic acids is 1. The van der Waals surface area contributed by atoms with Gasteiger partial charge in [-0.25, -0.2) is 13.2 Å². The normalized spacial score (nSPS) is 19.9. The highest BCUT2D eigenvalue weighted by molar-refractivity contribution is 7.88. The van der Waals surface area contributed by atoms with Crippen molar-refractivity contribution in [2.45, 2.75) is 31.7 Å². The minimum Gasteiger partial charge on any atom is -0.497 e. The highest BCUT2D eigenvalue weighted by atomic mass is 32.2. The summed E-state index contributed by atoms with van der Waals surface area (Å²) in [5.74, 6) is 0.721. The second kappa shape index (κ2) is 7.08. The largest absolute Gasteiger partial charge is 0.497 e. The van der Waals surface area contributed by atoms with Crippen molar-refractivity contribution in [1.82, 2.24) is 9.21 Å². The van der Waals surface area contributed by atoms with Crippen LogP contribution in [0.3, 0.4) is 0 Å². The monoisotopic (exact) mass is 382 g/mol. The fraction of sp³-hybridized carbons (Fsp3) is 0.611. The number of hydrogen-bond acceptors (Lipinski definition) is 5. The van der Waals surface area contributed by atoms with Gasteiger partial charge < -0.3 is 14.4 Å². The molecule has 1 aromatic carbocycles. The molecule has 1 amide bonds. The maximum atomic E-state index is 12.2. The van der Waals surface area contributed by atoms with Crippen LogP contribution in [0.15, 0.2) is 18.2 Å². The van der Waals surface area contributed by atoms with Crippen molar-refractivity contribution in [2.75, 3.05) is 39.6 Å². The number of amides is 1. The zero-order valence-corrected chi connectivity index (χ0v) is 16.3. The second-order valence-corrected chi connectivity index (χ2v) is 9.00. The average molecular weight is 382 g/mol. The second-order valence-electron chi connectivity index (χ2n) is 7.02. The Bertz CT molecular complexity index is 785. The van der Waals surface area contributed by atoms with E-state index in [1.54, 1.807) is 18.9 Å². The number of fused-ring (bicyclic) bond motifs is 2. The average Bonchev–Trinajstić information content (AvgIpc) is 2.61. The summed E-state index contributed by atoms with van der Waals surface area (Å²) in [7, 11) is -1.71. The third-order valence-corrected chi connectivity index (χ3v) is 6.62. The van der Waals surface area contributed by atoms with Gasteiger partial charge in [-0.05, 0) is 43.0 Å². The number of carbonyl (C=O) groups is 1. The van der Waals surface area contributed by atoms with Crippen LogP contribution in [0.1, 0.15) is 30.9 Å². The van der Waals surface area contributed by atoms with E-state index in [4.69, 9.17) is 9.47 Å². The van der Waals surface area contributed by atoms with E-state index in [0.717, 1.165) is 11.3 Å². The summed E-state index contributed by atoms with van der Waals surface area (Å²) in [5.41, 5.74) is 1.86. The highest BCUT2D eigenvalue weighted by Crippen LogP contribution is 2.43. The van der Waals surface area contributed by atoms with E-state index in [-0.39, 0.29) is 11.5 Å². The lowest BCUT2D eigenvalue weighted by atomic mass is 9.69. The Hall–Kier alpha value is -1.80. The standard InChI is InChI=1S/C18H26N2O5S/c1-4-25-17(21)19-9-7-18(8-10-19)13-20(26(3,22)23)12-14-11-15(24-2)5-6-16(14)18/h5-6,11H,4,7-10,12-13H2,1-3H3. The summed E-state index contributed by atoms with van der Waals surface area (Å²) in [6, 6.07) is 5.90. The van der Waals surface area contributed by atoms with E-state index in [1.165, 1.54) is 16.1 Å². The summed E-state index contributed by atoms with van der Waals surface area (Å²) in [4.78, 5) is 13.7. The Morgan fingerprint density at radius 3 is 2.54 bits per heavy atom. The van der Waals surface area contributed by atoms with E-state index in [2.05, 4.69) is 0 Å². The van der Waals surface area contributed by atoms with Gasteiger partial charge in [-0.1, -0.05) is 6.07 Å². The molecule has 0 radical (unpaired) electrons. The van der Waals surface area contributed by atoms with Gasteiger partial charge in [0.2, 0.25) is 10.0 Å². The van der Waals surface area contributed by atoms with Crippen molar-refractivity contribution >= 4 is 16.1 Å². The van der Waals surface area contributed by atoms with Gasteiger partial charge in [0.15, 0.2) is 0 Å². The number of ether oxygens (including phenoxy) is 2. The smallest absolute Gasteiger partial charge is 0.409 e. The Labute approximate surface area is 154 Å². The molecule has 2 aliphatic rings. The fourth-order valence-electron chi connectivity index (χ4n) is 4.01. The van der Waals surface area contributed by atoms with Crippen molar-refractivity contribution in [3.05, 3.63) is 29.3 Å². The van der Waals surface area contributed by atoms with Crippen LogP contribution in [0.4, 0.5) is 4.79 Å². The number of hydrogen-bond donors (Lipinski definition) is 0. The van der Waals surface area contributed by atoms with Crippen molar-refractivity contribution in [3.63, 3.8) is 0 Å². The van der Waals surface area contributed by atoms with E-state index in [0.29, 0.717) is 45.6 Å². The Morgan fingerprint density at radius 1 is 1.27 bits per heavy atom. The number of rotatable bonds is 3. The molecule has 1 saturated heterocycles. The van der Waals surface area contributed by atoms with Gasteiger partial charge in [0, 0.05) is 31.6 Å². The third-order valence-electron chi connectivity index (χ3n) is 5.43. The van der Waals surface area contributed by atoms with Gasteiger partial charge in [-0.15, -0.1) is 0 Å². The summed E-state index contributed by atoms with van der Waals surface area (Å²) >= 11 is 0. The molecule has 1 aromatic rings. The Morgan fingerprint density at radius 2 is 1.96 bits per heavy atom. The Balaban J connectivity index is 1.92. The molecule has 26 heavy (non-hydrogen) atoms. The number of benzene rings is 1. The molecule has 8 heteroatoms. The van der Waals surface area contributed by atoms with Crippen molar-refractivity contribution in [3.8, 4) is 5.75 Å².